The molecule has 41 heavy (non-hydrogen) atoms. The molecule has 1 unspecified atom stereocenters. The summed E-state index contributed by atoms with van der Waals surface area (Å²) in [5.74, 6) is -0.151. The van der Waals surface area contributed by atoms with Crippen molar-refractivity contribution in [2.75, 3.05) is 0 Å². The molecule has 0 radical (unpaired) electrons. The molecule has 0 fully saturated rings. The predicted octanol–water partition coefficient (Wildman–Crippen LogP) is 8.12. The zero-order valence-electron chi connectivity index (χ0n) is 22.1. The SMILES string of the molecule is CC(Oc1cc(-c2cnc3ccc(N=C(c4ccccc4)c4ccccc4)cn23)sc1C(N)=O)c1ccccc1Cl. The number of hydrogen-bond donors (Lipinski definition) is 1. The lowest BCUT2D eigenvalue weighted by molar-refractivity contribution is 0.0998. The number of aliphatic imine (C=N–C) groups is 1. The van der Waals surface area contributed by atoms with E-state index in [1.807, 2.05) is 96.4 Å². The van der Waals surface area contributed by atoms with E-state index < -0.39 is 5.91 Å². The number of aromatic nitrogens is 2. The molecule has 3 heterocycles. The van der Waals surface area contributed by atoms with Gasteiger partial charge in [-0.2, -0.15) is 0 Å². The van der Waals surface area contributed by atoms with Crippen molar-refractivity contribution in [1.82, 2.24) is 9.38 Å². The first-order valence-corrected chi connectivity index (χ1v) is 14.2. The van der Waals surface area contributed by atoms with Gasteiger partial charge in [-0.05, 0) is 25.1 Å². The van der Waals surface area contributed by atoms with E-state index in [9.17, 15) is 4.79 Å². The van der Waals surface area contributed by atoms with Gasteiger partial charge in [0.15, 0.2) is 0 Å². The predicted molar refractivity (Wildman–Crippen MR) is 166 cm³/mol. The number of halogens is 1. The van der Waals surface area contributed by atoms with Gasteiger partial charge in [-0.1, -0.05) is 90.5 Å². The van der Waals surface area contributed by atoms with Crippen molar-refractivity contribution < 1.29 is 9.53 Å². The molecule has 8 heteroatoms. The van der Waals surface area contributed by atoms with E-state index in [2.05, 4.69) is 29.2 Å². The van der Waals surface area contributed by atoms with Crippen molar-refractivity contribution >= 4 is 45.9 Å². The van der Waals surface area contributed by atoms with E-state index in [-0.39, 0.29) is 6.10 Å². The molecule has 0 bridgehead atoms. The first-order valence-electron chi connectivity index (χ1n) is 13.0. The second-order valence-electron chi connectivity index (χ2n) is 9.40. The van der Waals surface area contributed by atoms with Crippen LogP contribution >= 0.6 is 22.9 Å². The van der Waals surface area contributed by atoms with Crippen LogP contribution in [-0.4, -0.2) is 21.0 Å². The number of nitrogens with zero attached hydrogens (tertiary/aromatic N) is 3. The third-order valence-electron chi connectivity index (χ3n) is 6.65. The Hall–Kier alpha value is -4.72. The molecule has 0 saturated heterocycles. The summed E-state index contributed by atoms with van der Waals surface area (Å²) in [5, 5.41) is 0.594. The van der Waals surface area contributed by atoms with Crippen LogP contribution in [0, 0.1) is 0 Å². The number of amides is 1. The summed E-state index contributed by atoms with van der Waals surface area (Å²) < 4.78 is 8.18. The van der Waals surface area contributed by atoms with Gasteiger partial charge in [0.25, 0.3) is 5.91 Å². The van der Waals surface area contributed by atoms with Crippen LogP contribution in [0.1, 0.15) is 39.4 Å². The molecule has 0 aliphatic carbocycles. The van der Waals surface area contributed by atoms with Crippen LogP contribution in [0.4, 0.5) is 5.69 Å². The maximum atomic E-state index is 12.4. The highest BCUT2D eigenvalue weighted by atomic mass is 35.5. The van der Waals surface area contributed by atoms with Crippen LogP contribution in [0.5, 0.6) is 5.75 Å². The maximum absolute atomic E-state index is 12.4. The standard InChI is InChI=1S/C33H25ClN4O2S/c1-21(25-14-8-9-15-26(25)34)40-28-18-29(41-32(28)33(35)39)27-19-36-30-17-16-24(20-38(27)30)37-31(22-10-4-2-5-11-22)23-12-6-3-7-13-23/h2-21H,1H3,(H2,35,39). The highest BCUT2D eigenvalue weighted by Gasteiger charge is 2.21. The zero-order chi connectivity index (χ0) is 28.3. The number of imidazole rings is 1. The average molecular weight is 577 g/mol. The first kappa shape index (κ1) is 26.5. The van der Waals surface area contributed by atoms with E-state index in [0.29, 0.717) is 15.6 Å². The van der Waals surface area contributed by atoms with Gasteiger partial charge in [0.2, 0.25) is 0 Å². The Kier molecular flexibility index (Phi) is 7.37. The third-order valence-corrected chi connectivity index (χ3v) is 8.14. The molecule has 0 spiro atoms. The number of ether oxygens (including phenoxy) is 1. The number of thiophene rings is 1. The van der Waals surface area contributed by atoms with Crippen LogP contribution in [0.3, 0.4) is 0 Å². The summed E-state index contributed by atoms with van der Waals surface area (Å²) in [5.41, 5.74) is 11.8. The summed E-state index contributed by atoms with van der Waals surface area (Å²) >= 11 is 7.64. The van der Waals surface area contributed by atoms with Crippen molar-refractivity contribution in [3.05, 3.63) is 142 Å². The summed E-state index contributed by atoms with van der Waals surface area (Å²) in [6, 6.07) is 33.4. The number of carbonyl (C=O) groups excluding carboxylic acids is 1. The van der Waals surface area contributed by atoms with E-state index in [0.717, 1.165) is 44.3 Å². The van der Waals surface area contributed by atoms with Gasteiger partial charge >= 0.3 is 0 Å². The number of carbonyl (C=O) groups is 1. The van der Waals surface area contributed by atoms with Crippen molar-refractivity contribution in [3.8, 4) is 16.3 Å². The number of benzene rings is 3. The van der Waals surface area contributed by atoms with Crippen molar-refractivity contribution in [1.29, 1.82) is 0 Å². The minimum atomic E-state index is -0.558. The van der Waals surface area contributed by atoms with Gasteiger partial charge in [-0.15, -0.1) is 11.3 Å². The Morgan fingerprint density at radius 2 is 1.61 bits per heavy atom. The van der Waals surface area contributed by atoms with Gasteiger partial charge in [0.05, 0.1) is 28.2 Å². The zero-order valence-corrected chi connectivity index (χ0v) is 23.6. The van der Waals surface area contributed by atoms with Gasteiger partial charge in [-0.3, -0.25) is 9.20 Å². The maximum Gasteiger partial charge on any atom is 0.262 e. The van der Waals surface area contributed by atoms with Crippen molar-refractivity contribution in [2.24, 2.45) is 10.7 Å². The molecule has 0 saturated carbocycles. The highest BCUT2D eigenvalue weighted by Crippen LogP contribution is 2.39. The number of pyridine rings is 1. The first-order chi connectivity index (χ1) is 20.0. The fourth-order valence-corrected chi connectivity index (χ4v) is 5.89. The number of fused-ring (bicyclic) bond motifs is 1. The topological polar surface area (TPSA) is 82.0 Å². The minimum Gasteiger partial charge on any atom is -0.484 e. The number of primary amides is 1. The van der Waals surface area contributed by atoms with Crippen LogP contribution < -0.4 is 10.5 Å². The molecule has 6 aromatic rings. The second kappa shape index (κ2) is 11.4. The lowest BCUT2D eigenvalue weighted by atomic mass is 10.0. The second-order valence-corrected chi connectivity index (χ2v) is 10.9. The molecule has 1 atom stereocenters. The molecule has 2 N–H and O–H groups in total. The Balaban J connectivity index is 1.40. The molecule has 0 aliphatic rings. The summed E-state index contributed by atoms with van der Waals surface area (Å²) in [7, 11) is 0. The molecule has 1 amide bonds. The number of hydrogen-bond acceptors (Lipinski definition) is 5. The molecule has 3 aromatic carbocycles. The average Bonchev–Trinajstić information content (AvgIpc) is 3.61. The molecule has 6 rings (SSSR count). The lowest BCUT2D eigenvalue weighted by Crippen LogP contribution is -2.12. The summed E-state index contributed by atoms with van der Waals surface area (Å²) in [6.07, 6.45) is 3.33. The molecular weight excluding hydrogens is 552 g/mol. The fourth-order valence-electron chi connectivity index (χ4n) is 4.65. The van der Waals surface area contributed by atoms with E-state index in [1.165, 1.54) is 11.3 Å². The quantitative estimate of drug-likeness (QED) is 0.186. The van der Waals surface area contributed by atoms with Gasteiger partial charge in [0, 0.05) is 34.0 Å². The van der Waals surface area contributed by atoms with Gasteiger partial charge < -0.3 is 10.5 Å². The minimum absolute atomic E-state index is 0.332. The van der Waals surface area contributed by atoms with Crippen LogP contribution in [-0.2, 0) is 0 Å². The Labute approximate surface area is 246 Å². The van der Waals surface area contributed by atoms with Crippen LogP contribution in [0.15, 0.2) is 121 Å². The Morgan fingerprint density at radius 1 is 0.951 bits per heavy atom. The molecule has 6 nitrogen and oxygen atoms in total. The summed E-state index contributed by atoms with van der Waals surface area (Å²) in [6.45, 7) is 1.89. The monoisotopic (exact) mass is 576 g/mol. The molecule has 0 aliphatic heterocycles. The summed E-state index contributed by atoms with van der Waals surface area (Å²) in [4.78, 5) is 23.1. The Morgan fingerprint density at radius 3 is 2.27 bits per heavy atom. The van der Waals surface area contributed by atoms with Crippen molar-refractivity contribution in [2.45, 2.75) is 13.0 Å². The largest absolute Gasteiger partial charge is 0.484 e. The lowest BCUT2D eigenvalue weighted by Gasteiger charge is -2.16. The molecule has 3 aromatic heterocycles. The Bertz CT molecular complexity index is 1840. The molecule has 202 valence electrons. The fraction of sp³-hybridized carbons (Fsp3) is 0.0606. The van der Waals surface area contributed by atoms with Crippen LogP contribution in [0.2, 0.25) is 5.02 Å². The highest BCUT2D eigenvalue weighted by molar-refractivity contribution is 7.17. The van der Waals surface area contributed by atoms with E-state index in [4.69, 9.17) is 27.1 Å². The normalized spacial score (nSPS) is 11.8. The molecular formula is C33H25ClN4O2S. The van der Waals surface area contributed by atoms with Gasteiger partial charge in [0.1, 0.15) is 22.4 Å². The third kappa shape index (κ3) is 5.50. The van der Waals surface area contributed by atoms with E-state index in [1.54, 1.807) is 6.20 Å². The van der Waals surface area contributed by atoms with E-state index >= 15 is 0 Å². The van der Waals surface area contributed by atoms with Gasteiger partial charge in [-0.25, -0.2) is 9.98 Å². The number of nitrogens with two attached hydrogens (primary N) is 1. The van der Waals surface area contributed by atoms with Crippen molar-refractivity contribution in [3.63, 3.8) is 0 Å². The van der Waals surface area contributed by atoms with Crippen LogP contribution in [0.25, 0.3) is 16.2 Å². The number of rotatable bonds is 8. The smallest absolute Gasteiger partial charge is 0.262 e.